The molecule has 1 aliphatic rings. The van der Waals surface area contributed by atoms with Gasteiger partial charge in [-0.2, -0.15) is 0 Å². The molecular weight excluding hydrogens is 356 g/mol. The minimum absolute atomic E-state index is 0.447. The molecule has 26 heavy (non-hydrogen) atoms. The summed E-state index contributed by atoms with van der Waals surface area (Å²) < 4.78 is 2.70. The summed E-state index contributed by atoms with van der Waals surface area (Å²) in [6.45, 7) is 5.84. The lowest BCUT2D eigenvalue weighted by Gasteiger charge is -2.39. The van der Waals surface area contributed by atoms with Gasteiger partial charge in [0.1, 0.15) is 0 Å². The van der Waals surface area contributed by atoms with Gasteiger partial charge < -0.3 is 4.57 Å². The summed E-state index contributed by atoms with van der Waals surface area (Å²) in [5.74, 6) is 1.34. The smallest absolute Gasteiger partial charge is 0.0945 e. The molecule has 2 nitrogen and oxygen atoms in total. The van der Waals surface area contributed by atoms with E-state index in [1.54, 1.807) is 0 Å². The van der Waals surface area contributed by atoms with E-state index in [0.717, 1.165) is 11.8 Å². The number of thioether (sulfide) groups is 2. The summed E-state index contributed by atoms with van der Waals surface area (Å²) in [7, 11) is 0. The molecular formula is C22H40N2S2. The molecule has 0 amide bonds. The minimum atomic E-state index is 0.447. The highest BCUT2D eigenvalue weighted by Gasteiger charge is 2.35. The van der Waals surface area contributed by atoms with Gasteiger partial charge in [-0.05, 0) is 25.0 Å². The maximum absolute atomic E-state index is 4.20. The van der Waals surface area contributed by atoms with Crippen LogP contribution in [-0.2, 0) is 6.54 Å². The topological polar surface area (TPSA) is 17.8 Å². The average Bonchev–Trinajstić information content (AvgIpc) is 3.15. The Balaban J connectivity index is 1.62. The first-order chi connectivity index (χ1) is 12.7. The van der Waals surface area contributed by atoms with E-state index in [4.69, 9.17) is 0 Å². The molecule has 0 radical (unpaired) electrons. The van der Waals surface area contributed by atoms with Crippen molar-refractivity contribution >= 4 is 23.5 Å². The number of aromatic nitrogens is 2. The Bertz CT molecular complexity index is 449. The van der Waals surface area contributed by atoms with Gasteiger partial charge in [0.15, 0.2) is 0 Å². The summed E-state index contributed by atoms with van der Waals surface area (Å²) in [6, 6.07) is 0. The van der Waals surface area contributed by atoms with Crippen LogP contribution in [-0.4, -0.2) is 24.6 Å². The molecule has 1 saturated heterocycles. The largest absolute Gasteiger partial charge is 0.337 e. The second-order valence-electron chi connectivity index (χ2n) is 7.96. The highest BCUT2D eigenvalue weighted by Crippen LogP contribution is 2.51. The van der Waals surface area contributed by atoms with Gasteiger partial charge in [-0.25, -0.2) is 4.98 Å². The van der Waals surface area contributed by atoms with Crippen LogP contribution < -0.4 is 0 Å². The van der Waals surface area contributed by atoms with Crippen LogP contribution in [0.3, 0.4) is 0 Å². The van der Waals surface area contributed by atoms with Gasteiger partial charge in [-0.15, -0.1) is 23.5 Å². The SMILES string of the molecule is CCCCCCCCCCCCC1(CCn2ccnc2)SCCC(C)S1. The number of aryl methyl sites for hydroxylation is 1. The van der Waals surface area contributed by atoms with Crippen molar-refractivity contribution in [1.82, 2.24) is 9.55 Å². The molecule has 2 heterocycles. The van der Waals surface area contributed by atoms with Crippen molar-refractivity contribution in [3.63, 3.8) is 0 Å². The second kappa shape index (κ2) is 13.1. The van der Waals surface area contributed by atoms with Gasteiger partial charge in [0.25, 0.3) is 0 Å². The zero-order valence-electron chi connectivity index (χ0n) is 17.1. The number of hydrogen-bond acceptors (Lipinski definition) is 3. The van der Waals surface area contributed by atoms with Crippen molar-refractivity contribution in [3.8, 4) is 0 Å². The minimum Gasteiger partial charge on any atom is -0.337 e. The van der Waals surface area contributed by atoms with Gasteiger partial charge in [-0.1, -0.05) is 78.1 Å². The Kier molecular flexibility index (Phi) is 11.2. The Labute approximate surface area is 170 Å². The van der Waals surface area contributed by atoms with Crippen molar-refractivity contribution < 1.29 is 0 Å². The number of unbranched alkanes of at least 4 members (excludes halogenated alkanes) is 9. The summed E-state index contributed by atoms with van der Waals surface area (Å²) in [5, 5.41) is 0.821. The van der Waals surface area contributed by atoms with Gasteiger partial charge in [0.2, 0.25) is 0 Å². The molecule has 0 bridgehead atoms. The summed E-state index contributed by atoms with van der Waals surface area (Å²) in [4.78, 5) is 4.20. The normalized spacial score (nSPS) is 23.4. The van der Waals surface area contributed by atoms with E-state index >= 15 is 0 Å². The maximum atomic E-state index is 4.20. The standard InChI is InChI=1S/C22H40N2S2/c1-3-4-5-6-7-8-9-10-11-12-14-22(25-19-13-21(2)26-22)15-17-24-18-16-23-20-24/h16,18,20-21H,3-15,17,19H2,1-2H3. The van der Waals surface area contributed by atoms with Crippen LogP contribution in [0.5, 0.6) is 0 Å². The van der Waals surface area contributed by atoms with Crippen LogP contribution in [0.4, 0.5) is 0 Å². The first-order valence-electron chi connectivity index (χ1n) is 11.0. The molecule has 2 unspecified atom stereocenters. The molecule has 2 atom stereocenters. The van der Waals surface area contributed by atoms with Crippen LogP contribution in [0.15, 0.2) is 18.7 Å². The van der Waals surface area contributed by atoms with Crippen molar-refractivity contribution in [2.24, 2.45) is 0 Å². The second-order valence-corrected chi connectivity index (χ2v) is 11.5. The maximum Gasteiger partial charge on any atom is 0.0945 e. The lowest BCUT2D eigenvalue weighted by molar-refractivity contribution is 0.515. The lowest BCUT2D eigenvalue weighted by atomic mass is 10.0. The van der Waals surface area contributed by atoms with Crippen LogP contribution in [0.1, 0.15) is 97.3 Å². The van der Waals surface area contributed by atoms with E-state index in [0.29, 0.717) is 4.08 Å². The van der Waals surface area contributed by atoms with E-state index in [1.165, 1.54) is 89.2 Å². The number of rotatable bonds is 14. The third kappa shape index (κ3) is 8.73. The van der Waals surface area contributed by atoms with Crippen LogP contribution in [0, 0.1) is 0 Å². The average molecular weight is 397 g/mol. The molecule has 1 aromatic rings. The van der Waals surface area contributed by atoms with E-state index in [2.05, 4.69) is 53.1 Å². The van der Waals surface area contributed by atoms with Gasteiger partial charge in [0, 0.05) is 24.2 Å². The number of hydrogen-bond donors (Lipinski definition) is 0. The Hall–Kier alpha value is -0.0900. The van der Waals surface area contributed by atoms with Crippen molar-refractivity contribution in [1.29, 1.82) is 0 Å². The van der Waals surface area contributed by atoms with Crippen molar-refractivity contribution in [2.75, 3.05) is 5.75 Å². The molecule has 150 valence electrons. The quantitative estimate of drug-likeness (QED) is 0.302. The molecule has 0 saturated carbocycles. The third-order valence-electron chi connectivity index (χ3n) is 5.53. The van der Waals surface area contributed by atoms with E-state index in [1.807, 2.05) is 12.5 Å². The Morgan fingerprint density at radius 1 is 1.00 bits per heavy atom. The van der Waals surface area contributed by atoms with E-state index < -0.39 is 0 Å². The fourth-order valence-electron chi connectivity index (χ4n) is 3.86. The fourth-order valence-corrected chi connectivity index (χ4v) is 7.83. The first-order valence-corrected chi connectivity index (χ1v) is 12.9. The molecule has 0 aromatic carbocycles. The van der Waals surface area contributed by atoms with Gasteiger partial charge in [0.05, 0.1) is 10.4 Å². The predicted molar refractivity (Wildman–Crippen MR) is 120 cm³/mol. The number of imidazole rings is 1. The van der Waals surface area contributed by atoms with Gasteiger partial charge >= 0.3 is 0 Å². The van der Waals surface area contributed by atoms with Crippen LogP contribution in [0.2, 0.25) is 0 Å². The van der Waals surface area contributed by atoms with Gasteiger partial charge in [-0.3, -0.25) is 0 Å². The van der Waals surface area contributed by atoms with Crippen LogP contribution >= 0.6 is 23.5 Å². The molecule has 0 aliphatic carbocycles. The predicted octanol–water partition coefficient (Wildman–Crippen LogP) is 7.54. The highest BCUT2D eigenvalue weighted by atomic mass is 32.2. The fraction of sp³-hybridized carbons (Fsp3) is 0.864. The molecule has 1 aliphatic heterocycles. The zero-order chi connectivity index (χ0) is 18.5. The lowest BCUT2D eigenvalue weighted by Crippen LogP contribution is -2.29. The van der Waals surface area contributed by atoms with E-state index in [-0.39, 0.29) is 0 Å². The molecule has 0 spiro atoms. The molecule has 1 fully saturated rings. The first kappa shape index (κ1) is 22.2. The highest BCUT2D eigenvalue weighted by molar-refractivity contribution is 8.19. The van der Waals surface area contributed by atoms with Crippen molar-refractivity contribution in [3.05, 3.63) is 18.7 Å². The molecule has 1 aromatic heterocycles. The van der Waals surface area contributed by atoms with Crippen LogP contribution in [0.25, 0.3) is 0 Å². The number of nitrogens with zero attached hydrogens (tertiary/aromatic N) is 2. The summed E-state index contributed by atoms with van der Waals surface area (Å²) >= 11 is 4.51. The van der Waals surface area contributed by atoms with Crippen molar-refractivity contribution in [2.45, 2.75) is 113 Å². The third-order valence-corrected chi connectivity index (χ3v) is 9.02. The summed E-state index contributed by atoms with van der Waals surface area (Å²) in [6.07, 6.45) is 24.3. The van der Waals surface area contributed by atoms with E-state index in [9.17, 15) is 0 Å². The Morgan fingerprint density at radius 3 is 2.31 bits per heavy atom. The zero-order valence-corrected chi connectivity index (χ0v) is 18.8. The molecule has 4 heteroatoms. The monoisotopic (exact) mass is 396 g/mol. The molecule has 0 N–H and O–H groups in total. The molecule has 2 rings (SSSR count). The summed E-state index contributed by atoms with van der Waals surface area (Å²) in [5.41, 5.74) is 0. The Morgan fingerprint density at radius 2 is 1.69 bits per heavy atom.